The summed E-state index contributed by atoms with van der Waals surface area (Å²) in [7, 11) is 0. The Labute approximate surface area is 136 Å². The van der Waals surface area contributed by atoms with E-state index >= 15 is 0 Å². The normalized spacial score (nSPS) is 10.3. The maximum absolute atomic E-state index is 11.7. The second-order valence-electron chi connectivity index (χ2n) is 5.24. The van der Waals surface area contributed by atoms with E-state index in [1.54, 1.807) is 0 Å². The van der Waals surface area contributed by atoms with Gasteiger partial charge >= 0.3 is 6.03 Å². The predicted molar refractivity (Wildman–Crippen MR) is 91.4 cm³/mol. The summed E-state index contributed by atoms with van der Waals surface area (Å²) >= 11 is 5.84. The molecule has 0 aliphatic heterocycles. The van der Waals surface area contributed by atoms with Crippen LogP contribution in [0.4, 0.5) is 4.79 Å². The van der Waals surface area contributed by atoms with Gasteiger partial charge in [-0.2, -0.15) is 0 Å². The van der Waals surface area contributed by atoms with E-state index in [1.165, 1.54) is 11.1 Å². The van der Waals surface area contributed by atoms with Crippen molar-refractivity contribution in [1.29, 1.82) is 0 Å². The molecule has 3 nitrogen and oxygen atoms in total. The van der Waals surface area contributed by atoms with E-state index in [0.717, 1.165) is 23.4 Å². The summed E-state index contributed by atoms with van der Waals surface area (Å²) in [6.45, 7) is 3.33. The SMILES string of the molecule is Cc1ccccc1CCNC(=O)NCCc1ccc(Cl)cc1. The zero-order valence-corrected chi connectivity index (χ0v) is 13.5. The minimum Gasteiger partial charge on any atom is -0.338 e. The van der Waals surface area contributed by atoms with Crippen molar-refractivity contribution in [3.63, 3.8) is 0 Å². The van der Waals surface area contributed by atoms with E-state index in [4.69, 9.17) is 11.6 Å². The lowest BCUT2D eigenvalue weighted by Gasteiger charge is -2.09. The first-order chi connectivity index (χ1) is 10.6. The number of carbonyl (C=O) groups is 1. The number of rotatable bonds is 6. The molecule has 2 aromatic carbocycles. The number of amides is 2. The van der Waals surface area contributed by atoms with Crippen molar-refractivity contribution < 1.29 is 4.79 Å². The number of carbonyl (C=O) groups excluding carboxylic acids is 1. The molecule has 0 atom stereocenters. The zero-order valence-electron chi connectivity index (χ0n) is 12.7. The maximum Gasteiger partial charge on any atom is 0.314 e. The van der Waals surface area contributed by atoms with Crippen LogP contribution >= 0.6 is 11.6 Å². The van der Waals surface area contributed by atoms with E-state index in [1.807, 2.05) is 36.4 Å². The lowest BCUT2D eigenvalue weighted by Crippen LogP contribution is -2.37. The minimum atomic E-state index is -0.123. The predicted octanol–water partition coefficient (Wildman–Crippen LogP) is 3.73. The maximum atomic E-state index is 11.7. The molecule has 0 spiro atoms. The monoisotopic (exact) mass is 316 g/mol. The Kier molecular flexibility index (Phi) is 6.28. The highest BCUT2D eigenvalue weighted by molar-refractivity contribution is 6.30. The van der Waals surface area contributed by atoms with Crippen LogP contribution in [-0.4, -0.2) is 19.1 Å². The van der Waals surface area contributed by atoms with Crippen LogP contribution in [0.2, 0.25) is 5.02 Å². The molecule has 116 valence electrons. The third-order valence-electron chi connectivity index (χ3n) is 3.55. The lowest BCUT2D eigenvalue weighted by molar-refractivity contribution is 0.241. The molecule has 22 heavy (non-hydrogen) atoms. The molecule has 0 aliphatic rings. The van der Waals surface area contributed by atoms with E-state index in [0.29, 0.717) is 13.1 Å². The van der Waals surface area contributed by atoms with Gasteiger partial charge in [-0.15, -0.1) is 0 Å². The van der Waals surface area contributed by atoms with Gasteiger partial charge in [-0.25, -0.2) is 4.79 Å². The number of aryl methyl sites for hydroxylation is 1. The van der Waals surface area contributed by atoms with Crippen LogP contribution in [0.5, 0.6) is 0 Å². The van der Waals surface area contributed by atoms with Crippen LogP contribution < -0.4 is 10.6 Å². The van der Waals surface area contributed by atoms with Crippen molar-refractivity contribution in [3.05, 3.63) is 70.2 Å². The van der Waals surface area contributed by atoms with E-state index in [-0.39, 0.29) is 6.03 Å². The van der Waals surface area contributed by atoms with Crippen molar-refractivity contribution in [1.82, 2.24) is 10.6 Å². The van der Waals surface area contributed by atoms with Crippen molar-refractivity contribution in [2.75, 3.05) is 13.1 Å². The fourth-order valence-electron chi connectivity index (χ4n) is 2.24. The van der Waals surface area contributed by atoms with Crippen LogP contribution in [0, 0.1) is 6.92 Å². The van der Waals surface area contributed by atoms with Gasteiger partial charge in [0.25, 0.3) is 0 Å². The zero-order chi connectivity index (χ0) is 15.8. The molecule has 2 aromatic rings. The van der Waals surface area contributed by atoms with Crippen molar-refractivity contribution in [3.8, 4) is 0 Å². The van der Waals surface area contributed by atoms with Gasteiger partial charge in [0.2, 0.25) is 0 Å². The van der Waals surface area contributed by atoms with Crippen molar-refractivity contribution in [2.24, 2.45) is 0 Å². The average Bonchev–Trinajstić information content (AvgIpc) is 2.51. The Hall–Kier alpha value is -2.00. The first kappa shape index (κ1) is 16.4. The molecular formula is C18H21ClN2O. The minimum absolute atomic E-state index is 0.123. The standard InChI is InChI=1S/C18H21ClN2O/c1-14-4-2-3-5-16(14)11-13-21-18(22)20-12-10-15-6-8-17(19)9-7-15/h2-9H,10-13H2,1H3,(H2,20,21,22). The molecule has 2 amide bonds. The molecule has 2 N–H and O–H groups in total. The highest BCUT2D eigenvalue weighted by Gasteiger charge is 2.01. The summed E-state index contributed by atoms with van der Waals surface area (Å²) in [6.07, 6.45) is 1.64. The summed E-state index contributed by atoms with van der Waals surface area (Å²) in [5, 5.41) is 6.47. The Morgan fingerprint density at radius 2 is 1.59 bits per heavy atom. The number of urea groups is 1. The van der Waals surface area contributed by atoms with Gasteiger partial charge in [0.1, 0.15) is 0 Å². The molecule has 0 unspecified atom stereocenters. The molecule has 0 heterocycles. The van der Waals surface area contributed by atoms with Gasteiger partial charge in [0.15, 0.2) is 0 Å². The van der Waals surface area contributed by atoms with Gasteiger partial charge in [0.05, 0.1) is 0 Å². The lowest BCUT2D eigenvalue weighted by atomic mass is 10.1. The number of nitrogens with one attached hydrogen (secondary N) is 2. The average molecular weight is 317 g/mol. The van der Waals surface area contributed by atoms with Gasteiger partial charge < -0.3 is 10.6 Å². The Bertz CT molecular complexity index is 611. The molecule has 0 aliphatic carbocycles. The highest BCUT2D eigenvalue weighted by Crippen LogP contribution is 2.09. The Morgan fingerprint density at radius 3 is 2.27 bits per heavy atom. The van der Waals surface area contributed by atoms with E-state index in [2.05, 4.69) is 29.7 Å². The quantitative estimate of drug-likeness (QED) is 0.837. The fourth-order valence-corrected chi connectivity index (χ4v) is 2.36. The molecule has 4 heteroatoms. The highest BCUT2D eigenvalue weighted by atomic mass is 35.5. The van der Waals surface area contributed by atoms with Crippen LogP contribution in [-0.2, 0) is 12.8 Å². The van der Waals surface area contributed by atoms with Gasteiger partial charge in [-0.1, -0.05) is 48.0 Å². The Morgan fingerprint density at radius 1 is 0.955 bits per heavy atom. The topological polar surface area (TPSA) is 41.1 Å². The van der Waals surface area contributed by atoms with Gasteiger partial charge in [-0.3, -0.25) is 0 Å². The molecule has 0 fully saturated rings. The summed E-state index contributed by atoms with van der Waals surface area (Å²) in [5.74, 6) is 0. The third kappa shape index (κ3) is 5.41. The first-order valence-corrected chi connectivity index (χ1v) is 7.83. The number of hydrogen-bond acceptors (Lipinski definition) is 1. The van der Waals surface area contributed by atoms with Crippen molar-refractivity contribution >= 4 is 17.6 Å². The summed E-state index contributed by atoms with van der Waals surface area (Å²) < 4.78 is 0. The first-order valence-electron chi connectivity index (χ1n) is 7.46. The van der Waals surface area contributed by atoms with Crippen LogP contribution in [0.15, 0.2) is 48.5 Å². The van der Waals surface area contributed by atoms with Gasteiger partial charge in [-0.05, 0) is 48.6 Å². The molecule has 2 rings (SSSR count). The molecule has 0 saturated carbocycles. The number of hydrogen-bond donors (Lipinski definition) is 2. The molecular weight excluding hydrogens is 296 g/mol. The molecule has 0 bridgehead atoms. The smallest absolute Gasteiger partial charge is 0.314 e. The van der Waals surface area contributed by atoms with E-state index in [9.17, 15) is 4.79 Å². The Balaban J connectivity index is 1.64. The second kappa shape index (κ2) is 8.44. The van der Waals surface area contributed by atoms with Gasteiger partial charge in [0, 0.05) is 18.1 Å². The van der Waals surface area contributed by atoms with Crippen LogP contribution in [0.1, 0.15) is 16.7 Å². The largest absolute Gasteiger partial charge is 0.338 e. The molecule has 0 aromatic heterocycles. The van der Waals surface area contributed by atoms with Crippen LogP contribution in [0.3, 0.4) is 0 Å². The number of benzene rings is 2. The molecule has 0 radical (unpaired) electrons. The number of halogens is 1. The summed E-state index contributed by atoms with van der Waals surface area (Å²) in [6, 6.07) is 15.8. The van der Waals surface area contributed by atoms with Crippen LogP contribution in [0.25, 0.3) is 0 Å². The molecule has 0 saturated heterocycles. The second-order valence-corrected chi connectivity index (χ2v) is 5.67. The van der Waals surface area contributed by atoms with Crippen molar-refractivity contribution in [2.45, 2.75) is 19.8 Å². The third-order valence-corrected chi connectivity index (χ3v) is 3.81. The summed E-state index contributed by atoms with van der Waals surface area (Å²) in [4.78, 5) is 11.7. The van der Waals surface area contributed by atoms with E-state index < -0.39 is 0 Å². The fraction of sp³-hybridized carbons (Fsp3) is 0.278. The summed E-state index contributed by atoms with van der Waals surface area (Å²) in [5.41, 5.74) is 3.68.